The van der Waals surface area contributed by atoms with Gasteiger partial charge in [0.25, 0.3) is 0 Å². The van der Waals surface area contributed by atoms with Crippen LogP contribution in [0.25, 0.3) is 0 Å². The zero-order valence-electron chi connectivity index (χ0n) is 9.54. The summed E-state index contributed by atoms with van der Waals surface area (Å²) in [5, 5.41) is 10.1. The van der Waals surface area contributed by atoms with Crippen LogP contribution in [0, 0.1) is 13.8 Å². The number of ether oxygens (including phenoxy) is 1. The van der Waals surface area contributed by atoms with E-state index in [-0.39, 0.29) is 6.10 Å². The van der Waals surface area contributed by atoms with Gasteiger partial charge in [0.2, 0.25) is 0 Å². The Labute approximate surface area is 95.8 Å². The molecule has 1 N–H and O–H groups in total. The molecule has 3 heteroatoms. The van der Waals surface area contributed by atoms with Crippen molar-refractivity contribution in [3.63, 3.8) is 0 Å². The summed E-state index contributed by atoms with van der Waals surface area (Å²) in [7, 11) is 0. The van der Waals surface area contributed by atoms with E-state index in [1.807, 2.05) is 32.9 Å². The summed E-state index contributed by atoms with van der Waals surface area (Å²) in [5.41, 5.74) is 1.99. The van der Waals surface area contributed by atoms with Crippen LogP contribution in [0.2, 0.25) is 5.02 Å². The van der Waals surface area contributed by atoms with E-state index in [2.05, 4.69) is 0 Å². The molecular formula is C12H17ClO2. The number of rotatable bonds is 3. The van der Waals surface area contributed by atoms with Crippen LogP contribution in [-0.2, 0) is 0 Å². The van der Waals surface area contributed by atoms with Gasteiger partial charge in [0.1, 0.15) is 11.9 Å². The minimum Gasteiger partial charge on any atom is -0.487 e. The van der Waals surface area contributed by atoms with Gasteiger partial charge in [-0.05, 0) is 51.0 Å². The van der Waals surface area contributed by atoms with Crippen molar-refractivity contribution in [2.45, 2.75) is 39.9 Å². The highest BCUT2D eigenvalue weighted by Gasteiger charge is 2.13. The summed E-state index contributed by atoms with van der Waals surface area (Å²) >= 11 is 5.92. The number of aryl methyl sites for hydroxylation is 2. The van der Waals surface area contributed by atoms with Crippen molar-refractivity contribution in [1.82, 2.24) is 0 Å². The lowest BCUT2D eigenvalue weighted by Crippen LogP contribution is -2.26. The molecule has 0 aliphatic rings. The molecule has 2 unspecified atom stereocenters. The molecule has 1 aromatic rings. The molecule has 0 saturated carbocycles. The first kappa shape index (κ1) is 12.3. The third kappa shape index (κ3) is 3.11. The number of aliphatic hydroxyl groups excluding tert-OH is 1. The molecule has 0 amide bonds. The van der Waals surface area contributed by atoms with Crippen LogP contribution >= 0.6 is 11.6 Å². The van der Waals surface area contributed by atoms with Crippen LogP contribution in [-0.4, -0.2) is 17.3 Å². The third-order valence-electron chi connectivity index (χ3n) is 2.41. The van der Waals surface area contributed by atoms with Crippen molar-refractivity contribution >= 4 is 11.6 Å². The molecule has 2 nitrogen and oxygen atoms in total. The Balaban J connectivity index is 2.95. The van der Waals surface area contributed by atoms with Crippen molar-refractivity contribution in [3.05, 3.63) is 28.3 Å². The fraction of sp³-hybridized carbons (Fsp3) is 0.500. The highest BCUT2D eigenvalue weighted by molar-refractivity contribution is 6.30. The molecule has 0 aromatic heterocycles. The monoisotopic (exact) mass is 228 g/mol. The van der Waals surface area contributed by atoms with Gasteiger partial charge in [0, 0.05) is 5.02 Å². The largest absolute Gasteiger partial charge is 0.487 e. The van der Waals surface area contributed by atoms with Gasteiger partial charge in [-0.2, -0.15) is 0 Å². The van der Waals surface area contributed by atoms with Gasteiger partial charge < -0.3 is 9.84 Å². The Morgan fingerprint density at radius 2 is 1.67 bits per heavy atom. The molecule has 0 fully saturated rings. The standard InChI is InChI=1S/C12H17ClO2/c1-7-5-11(13)6-8(2)12(7)15-10(4)9(3)14/h5-6,9-10,14H,1-4H3. The number of benzene rings is 1. The van der Waals surface area contributed by atoms with Crippen molar-refractivity contribution in [3.8, 4) is 5.75 Å². The van der Waals surface area contributed by atoms with Crippen LogP contribution in [0.15, 0.2) is 12.1 Å². The molecule has 2 atom stereocenters. The molecular weight excluding hydrogens is 212 g/mol. The van der Waals surface area contributed by atoms with Crippen LogP contribution in [0.1, 0.15) is 25.0 Å². The summed E-state index contributed by atoms with van der Waals surface area (Å²) in [6.45, 7) is 7.45. The van der Waals surface area contributed by atoms with Gasteiger partial charge >= 0.3 is 0 Å². The molecule has 84 valence electrons. The Kier molecular flexibility index (Phi) is 4.00. The quantitative estimate of drug-likeness (QED) is 0.862. The van der Waals surface area contributed by atoms with Gasteiger partial charge in [-0.15, -0.1) is 0 Å². The molecule has 0 spiro atoms. The van der Waals surface area contributed by atoms with E-state index in [4.69, 9.17) is 16.3 Å². The van der Waals surface area contributed by atoms with Crippen molar-refractivity contribution in [2.75, 3.05) is 0 Å². The summed E-state index contributed by atoms with van der Waals surface area (Å²) in [5.74, 6) is 0.813. The lowest BCUT2D eigenvalue weighted by atomic mass is 10.1. The smallest absolute Gasteiger partial charge is 0.125 e. The summed E-state index contributed by atoms with van der Waals surface area (Å²) in [4.78, 5) is 0. The molecule has 0 aliphatic heterocycles. The number of aliphatic hydroxyl groups is 1. The first-order valence-corrected chi connectivity index (χ1v) is 5.41. The maximum Gasteiger partial charge on any atom is 0.125 e. The molecule has 0 heterocycles. The molecule has 0 bridgehead atoms. The first-order chi connectivity index (χ1) is 6.91. The van der Waals surface area contributed by atoms with E-state index in [0.29, 0.717) is 5.02 Å². The lowest BCUT2D eigenvalue weighted by Gasteiger charge is -2.20. The Morgan fingerprint density at radius 3 is 2.07 bits per heavy atom. The average Bonchev–Trinajstić information content (AvgIpc) is 2.10. The highest BCUT2D eigenvalue weighted by atomic mass is 35.5. The fourth-order valence-corrected chi connectivity index (χ4v) is 1.70. The maximum absolute atomic E-state index is 9.37. The minimum absolute atomic E-state index is 0.219. The molecule has 1 aromatic carbocycles. The Bertz CT molecular complexity index is 324. The summed E-state index contributed by atoms with van der Waals surface area (Å²) in [6, 6.07) is 3.72. The Morgan fingerprint density at radius 1 is 1.20 bits per heavy atom. The van der Waals surface area contributed by atoms with E-state index in [0.717, 1.165) is 16.9 Å². The van der Waals surface area contributed by atoms with Gasteiger partial charge in [-0.25, -0.2) is 0 Å². The maximum atomic E-state index is 9.37. The number of hydrogen-bond donors (Lipinski definition) is 1. The summed E-state index contributed by atoms with van der Waals surface area (Å²) < 4.78 is 5.68. The van der Waals surface area contributed by atoms with Crippen LogP contribution in [0.3, 0.4) is 0 Å². The topological polar surface area (TPSA) is 29.5 Å². The molecule has 0 radical (unpaired) electrons. The van der Waals surface area contributed by atoms with E-state index >= 15 is 0 Å². The molecule has 0 saturated heterocycles. The SMILES string of the molecule is Cc1cc(Cl)cc(C)c1OC(C)C(C)O. The van der Waals surface area contributed by atoms with Crippen molar-refractivity contribution in [2.24, 2.45) is 0 Å². The van der Waals surface area contributed by atoms with Gasteiger partial charge in [0.15, 0.2) is 0 Å². The fourth-order valence-electron chi connectivity index (χ4n) is 1.37. The zero-order valence-corrected chi connectivity index (χ0v) is 10.3. The molecule has 15 heavy (non-hydrogen) atoms. The number of halogens is 1. The van der Waals surface area contributed by atoms with Crippen molar-refractivity contribution < 1.29 is 9.84 Å². The van der Waals surface area contributed by atoms with Gasteiger partial charge in [0.05, 0.1) is 6.10 Å². The van der Waals surface area contributed by atoms with E-state index in [9.17, 15) is 5.11 Å². The predicted molar refractivity (Wildman–Crippen MR) is 62.7 cm³/mol. The van der Waals surface area contributed by atoms with Gasteiger partial charge in [-0.1, -0.05) is 11.6 Å². The highest BCUT2D eigenvalue weighted by Crippen LogP contribution is 2.28. The molecule has 0 aliphatic carbocycles. The Hall–Kier alpha value is -0.730. The van der Waals surface area contributed by atoms with Crippen LogP contribution < -0.4 is 4.74 Å². The second-order valence-corrected chi connectivity index (χ2v) is 4.37. The van der Waals surface area contributed by atoms with E-state index in [1.54, 1.807) is 6.92 Å². The first-order valence-electron chi connectivity index (χ1n) is 5.03. The van der Waals surface area contributed by atoms with Crippen LogP contribution in [0.4, 0.5) is 0 Å². The number of hydrogen-bond acceptors (Lipinski definition) is 2. The third-order valence-corrected chi connectivity index (χ3v) is 2.63. The second kappa shape index (κ2) is 4.86. The molecule has 1 rings (SSSR count). The normalized spacial score (nSPS) is 14.8. The van der Waals surface area contributed by atoms with E-state index in [1.165, 1.54) is 0 Å². The lowest BCUT2D eigenvalue weighted by molar-refractivity contribution is 0.0596. The average molecular weight is 229 g/mol. The second-order valence-electron chi connectivity index (χ2n) is 3.93. The van der Waals surface area contributed by atoms with Crippen LogP contribution in [0.5, 0.6) is 5.75 Å². The predicted octanol–water partition coefficient (Wildman–Crippen LogP) is 3.10. The minimum atomic E-state index is -0.487. The van der Waals surface area contributed by atoms with Gasteiger partial charge in [-0.3, -0.25) is 0 Å². The summed E-state index contributed by atoms with van der Waals surface area (Å²) in [6.07, 6.45) is -0.706. The van der Waals surface area contributed by atoms with Crippen molar-refractivity contribution in [1.29, 1.82) is 0 Å². The zero-order chi connectivity index (χ0) is 11.6. The van der Waals surface area contributed by atoms with E-state index < -0.39 is 6.10 Å².